The zero-order valence-corrected chi connectivity index (χ0v) is 11.1. The van der Waals surface area contributed by atoms with Crippen LogP contribution in [0.1, 0.15) is 5.56 Å². The third kappa shape index (κ3) is 4.24. The molecule has 0 radical (unpaired) electrons. The highest BCUT2D eigenvalue weighted by atomic mass is 16.5. The predicted octanol–water partition coefficient (Wildman–Crippen LogP) is 1.35. The molecule has 1 aromatic rings. The fourth-order valence-electron chi connectivity index (χ4n) is 1.67. The van der Waals surface area contributed by atoms with E-state index in [-0.39, 0.29) is 0 Å². The Morgan fingerprint density at radius 2 is 1.88 bits per heavy atom. The Hall–Kier alpha value is -1.26. The van der Waals surface area contributed by atoms with Gasteiger partial charge in [0.25, 0.3) is 0 Å². The highest BCUT2D eigenvalue weighted by Crippen LogP contribution is 2.27. The third-order valence-corrected chi connectivity index (χ3v) is 2.64. The van der Waals surface area contributed by atoms with Gasteiger partial charge in [-0.05, 0) is 31.8 Å². The normalized spacial score (nSPS) is 10.6. The largest absolute Gasteiger partial charge is 0.493 e. The Balaban J connectivity index is 2.65. The highest BCUT2D eigenvalue weighted by molar-refractivity contribution is 5.42. The van der Waals surface area contributed by atoms with Crippen LogP contribution in [0.3, 0.4) is 0 Å². The first-order chi connectivity index (χ1) is 8.21. The number of ether oxygens (including phenoxy) is 2. The van der Waals surface area contributed by atoms with Crippen LogP contribution in [0, 0.1) is 0 Å². The van der Waals surface area contributed by atoms with E-state index in [1.807, 2.05) is 19.2 Å². The van der Waals surface area contributed by atoms with Gasteiger partial charge < -0.3 is 19.7 Å². The van der Waals surface area contributed by atoms with Crippen LogP contribution >= 0.6 is 0 Å². The fourth-order valence-corrected chi connectivity index (χ4v) is 1.67. The Morgan fingerprint density at radius 1 is 1.18 bits per heavy atom. The van der Waals surface area contributed by atoms with Crippen molar-refractivity contribution in [3.05, 3.63) is 23.8 Å². The lowest BCUT2D eigenvalue weighted by Crippen LogP contribution is -2.26. The van der Waals surface area contributed by atoms with Gasteiger partial charge in [-0.2, -0.15) is 0 Å². The summed E-state index contributed by atoms with van der Waals surface area (Å²) in [5.74, 6) is 1.56. The third-order valence-electron chi connectivity index (χ3n) is 2.64. The molecule has 1 rings (SSSR count). The maximum atomic E-state index is 5.28. The van der Waals surface area contributed by atoms with E-state index in [1.54, 1.807) is 14.2 Å². The number of likely N-dealkylation sites (N-methyl/N-ethyl adjacent to an activating group) is 2. The molecule has 96 valence electrons. The van der Waals surface area contributed by atoms with Crippen LogP contribution in [0.15, 0.2) is 18.2 Å². The molecule has 0 heterocycles. The molecule has 4 nitrogen and oxygen atoms in total. The van der Waals surface area contributed by atoms with Crippen LogP contribution in [0.5, 0.6) is 11.5 Å². The molecule has 1 N–H and O–H groups in total. The van der Waals surface area contributed by atoms with Crippen molar-refractivity contribution < 1.29 is 9.47 Å². The number of benzene rings is 1. The molecule has 1 aromatic carbocycles. The van der Waals surface area contributed by atoms with Gasteiger partial charge in [-0.15, -0.1) is 0 Å². The Kier molecular flexibility index (Phi) is 5.80. The van der Waals surface area contributed by atoms with Crippen LogP contribution in [-0.2, 0) is 6.54 Å². The zero-order valence-electron chi connectivity index (χ0n) is 11.1. The van der Waals surface area contributed by atoms with Gasteiger partial charge in [0.2, 0.25) is 0 Å². The standard InChI is InChI=1S/C13H22N2O2/c1-14-7-8-15(2)10-11-5-6-12(16-3)13(9-11)17-4/h5-6,9,14H,7-8,10H2,1-4H3. The summed E-state index contributed by atoms with van der Waals surface area (Å²) in [6, 6.07) is 6.03. The van der Waals surface area contributed by atoms with Gasteiger partial charge in [0, 0.05) is 19.6 Å². The number of methoxy groups -OCH3 is 2. The minimum absolute atomic E-state index is 0.772. The molecule has 0 atom stereocenters. The van der Waals surface area contributed by atoms with Crippen molar-refractivity contribution in [1.82, 2.24) is 10.2 Å². The maximum Gasteiger partial charge on any atom is 0.161 e. The first-order valence-electron chi connectivity index (χ1n) is 5.75. The molecule has 0 spiro atoms. The summed E-state index contributed by atoms with van der Waals surface area (Å²) in [5.41, 5.74) is 1.22. The van der Waals surface area contributed by atoms with E-state index in [0.717, 1.165) is 31.1 Å². The average Bonchev–Trinajstić information content (AvgIpc) is 2.36. The average molecular weight is 238 g/mol. The van der Waals surface area contributed by atoms with Crippen molar-refractivity contribution in [3.8, 4) is 11.5 Å². The van der Waals surface area contributed by atoms with Crippen LogP contribution in [0.4, 0.5) is 0 Å². The maximum absolute atomic E-state index is 5.28. The van der Waals surface area contributed by atoms with Crippen LogP contribution < -0.4 is 14.8 Å². The molecule has 0 saturated carbocycles. The first-order valence-corrected chi connectivity index (χ1v) is 5.75. The predicted molar refractivity (Wildman–Crippen MR) is 69.8 cm³/mol. The van der Waals surface area contributed by atoms with Crippen molar-refractivity contribution in [2.24, 2.45) is 0 Å². The smallest absolute Gasteiger partial charge is 0.161 e. The summed E-state index contributed by atoms with van der Waals surface area (Å²) in [6.07, 6.45) is 0. The lowest BCUT2D eigenvalue weighted by atomic mass is 10.2. The summed E-state index contributed by atoms with van der Waals surface area (Å²) in [5, 5.41) is 3.14. The fraction of sp³-hybridized carbons (Fsp3) is 0.538. The molecule has 0 unspecified atom stereocenters. The van der Waals surface area contributed by atoms with E-state index in [4.69, 9.17) is 9.47 Å². The van der Waals surface area contributed by atoms with Crippen LogP contribution in [-0.4, -0.2) is 46.3 Å². The van der Waals surface area contributed by atoms with Crippen LogP contribution in [0.25, 0.3) is 0 Å². The SMILES string of the molecule is CNCCN(C)Cc1ccc(OC)c(OC)c1. The van der Waals surface area contributed by atoms with Gasteiger partial charge >= 0.3 is 0 Å². The minimum atomic E-state index is 0.772. The molecule has 0 bridgehead atoms. The quantitative estimate of drug-likeness (QED) is 0.777. The number of hydrogen-bond donors (Lipinski definition) is 1. The van der Waals surface area contributed by atoms with Crippen molar-refractivity contribution in [2.75, 3.05) is 41.4 Å². The zero-order chi connectivity index (χ0) is 12.7. The second kappa shape index (κ2) is 7.14. The summed E-state index contributed by atoms with van der Waals surface area (Å²) >= 11 is 0. The molecule has 17 heavy (non-hydrogen) atoms. The molecule has 0 saturated heterocycles. The van der Waals surface area contributed by atoms with E-state index < -0.39 is 0 Å². The van der Waals surface area contributed by atoms with Crippen molar-refractivity contribution in [2.45, 2.75) is 6.54 Å². The molecule has 0 amide bonds. The molecule has 0 fully saturated rings. The van der Waals surface area contributed by atoms with Gasteiger partial charge in [-0.1, -0.05) is 6.07 Å². The van der Waals surface area contributed by atoms with E-state index in [1.165, 1.54) is 5.56 Å². The lowest BCUT2D eigenvalue weighted by molar-refractivity contribution is 0.325. The summed E-state index contributed by atoms with van der Waals surface area (Å²) in [6.45, 7) is 2.91. The van der Waals surface area contributed by atoms with Gasteiger partial charge in [0.05, 0.1) is 14.2 Å². The minimum Gasteiger partial charge on any atom is -0.493 e. The van der Waals surface area contributed by atoms with Crippen molar-refractivity contribution >= 4 is 0 Å². The Labute approximate surface area is 104 Å². The molecule has 0 aromatic heterocycles. The Morgan fingerprint density at radius 3 is 2.47 bits per heavy atom. The highest BCUT2D eigenvalue weighted by Gasteiger charge is 2.06. The molecular weight excluding hydrogens is 216 g/mol. The molecule has 0 aliphatic rings. The van der Waals surface area contributed by atoms with Gasteiger partial charge in [0.15, 0.2) is 11.5 Å². The summed E-state index contributed by atoms with van der Waals surface area (Å²) in [4.78, 5) is 2.26. The number of rotatable bonds is 7. The summed E-state index contributed by atoms with van der Waals surface area (Å²) < 4.78 is 10.5. The van der Waals surface area contributed by atoms with Crippen LogP contribution in [0.2, 0.25) is 0 Å². The molecule has 0 aliphatic carbocycles. The Bertz CT molecular complexity index is 342. The van der Waals surface area contributed by atoms with E-state index >= 15 is 0 Å². The topological polar surface area (TPSA) is 33.7 Å². The molecular formula is C13H22N2O2. The van der Waals surface area contributed by atoms with Crippen molar-refractivity contribution in [3.63, 3.8) is 0 Å². The van der Waals surface area contributed by atoms with Gasteiger partial charge in [-0.25, -0.2) is 0 Å². The van der Waals surface area contributed by atoms with E-state index in [9.17, 15) is 0 Å². The number of hydrogen-bond acceptors (Lipinski definition) is 4. The van der Waals surface area contributed by atoms with E-state index in [0.29, 0.717) is 0 Å². The number of nitrogens with zero attached hydrogens (tertiary/aromatic N) is 1. The molecule has 4 heteroatoms. The van der Waals surface area contributed by atoms with Gasteiger partial charge in [0.1, 0.15) is 0 Å². The second-order valence-electron chi connectivity index (χ2n) is 4.03. The molecule has 0 aliphatic heterocycles. The van der Waals surface area contributed by atoms with E-state index in [2.05, 4.69) is 23.3 Å². The van der Waals surface area contributed by atoms with Gasteiger partial charge in [-0.3, -0.25) is 0 Å². The summed E-state index contributed by atoms with van der Waals surface area (Å²) in [7, 11) is 7.38. The lowest BCUT2D eigenvalue weighted by Gasteiger charge is -2.17. The number of nitrogens with one attached hydrogen (secondary N) is 1. The monoisotopic (exact) mass is 238 g/mol. The second-order valence-corrected chi connectivity index (χ2v) is 4.03. The van der Waals surface area contributed by atoms with Crippen molar-refractivity contribution in [1.29, 1.82) is 0 Å². The first kappa shape index (κ1) is 13.8.